The van der Waals surface area contributed by atoms with E-state index in [9.17, 15) is 9.59 Å². The Bertz CT molecular complexity index is 1370. The van der Waals surface area contributed by atoms with E-state index in [1.54, 1.807) is 6.07 Å². The highest BCUT2D eigenvalue weighted by Crippen LogP contribution is 2.37. The predicted octanol–water partition coefficient (Wildman–Crippen LogP) is 6.22. The Morgan fingerprint density at radius 2 is 1.68 bits per heavy atom. The van der Waals surface area contributed by atoms with Crippen LogP contribution in [0.4, 0.5) is 0 Å². The number of benzene rings is 3. The Morgan fingerprint density at radius 1 is 0.941 bits per heavy atom. The van der Waals surface area contributed by atoms with E-state index in [0.29, 0.717) is 30.0 Å². The number of carbonyl (C=O) groups is 2. The molecule has 0 saturated heterocycles. The van der Waals surface area contributed by atoms with Crippen molar-refractivity contribution in [1.82, 2.24) is 4.57 Å². The quantitative estimate of drug-likeness (QED) is 0.327. The van der Waals surface area contributed by atoms with Crippen LogP contribution in [0.15, 0.2) is 72.8 Å². The summed E-state index contributed by atoms with van der Waals surface area (Å²) >= 11 is 0. The number of rotatable bonds is 6. The molecule has 0 spiro atoms. The van der Waals surface area contributed by atoms with E-state index in [0.717, 1.165) is 35.9 Å². The fourth-order valence-corrected chi connectivity index (χ4v) is 5.28. The monoisotopic (exact) mass is 451 g/mol. The number of carbonyl (C=O) groups excluding carboxylic acids is 2. The standard InChI is InChI=1S/C30H29NO3/c1-3-20-17-26-29(27(32)18-20)28-24(30(33)34-2)13-8-14-25(28)31(26)19-23-12-7-11-22(16-23)15-21-9-5-4-6-10-21/h4-14,16,20H,3,15,17-19H2,1-2H3. The van der Waals surface area contributed by atoms with Crippen molar-refractivity contribution in [3.05, 3.63) is 106 Å². The summed E-state index contributed by atoms with van der Waals surface area (Å²) in [6.07, 6.45) is 3.21. The van der Waals surface area contributed by atoms with E-state index in [-0.39, 0.29) is 5.78 Å². The lowest BCUT2D eigenvalue weighted by molar-refractivity contribution is 0.0603. The van der Waals surface area contributed by atoms with Gasteiger partial charge in [0.05, 0.1) is 18.2 Å². The summed E-state index contributed by atoms with van der Waals surface area (Å²) in [7, 11) is 1.39. The Hall–Kier alpha value is -3.66. The number of fused-ring (bicyclic) bond motifs is 3. The lowest BCUT2D eigenvalue weighted by atomic mass is 9.84. The molecule has 1 unspecified atom stereocenters. The molecule has 0 N–H and O–H groups in total. The summed E-state index contributed by atoms with van der Waals surface area (Å²) in [6, 6.07) is 24.8. The van der Waals surface area contributed by atoms with E-state index < -0.39 is 5.97 Å². The summed E-state index contributed by atoms with van der Waals surface area (Å²) in [5.41, 5.74) is 6.86. The summed E-state index contributed by atoms with van der Waals surface area (Å²) in [6.45, 7) is 2.80. The molecule has 0 radical (unpaired) electrons. The number of Topliss-reactive ketones (excluding diaryl/α,β-unsaturated/α-hetero) is 1. The maximum absolute atomic E-state index is 13.3. The van der Waals surface area contributed by atoms with Crippen LogP contribution in [0, 0.1) is 5.92 Å². The van der Waals surface area contributed by atoms with Gasteiger partial charge >= 0.3 is 5.97 Å². The van der Waals surface area contributed by atoms with Crippen molar-refractivity contribution in [2.45, 2.75) is 39.2 Å². The summed E-state index contributed by atoms with van der Waals surface area (Å²) in [5, 5.41) is 0.740. The van der Waals surface area contributed by atoms with Crippen LogP contribution in [0.1, 0.15) is 62.9 Å². The Kier molecular flexibility index (Phi) is 6.06. The Morgan fingerprint density at radius 3 is 2.44 bits per heavy atom. The Labute approximate surface area is 200 Å². The van der Waals surface area contributed by atoms with Crippen molar-refractivity contribution in [2.75, 3.05) is 7.11 Å². The highest BCUT2D eigenvalue weighted by atomic mass is 16.5. The molecular formula is C30H29NO3. The van der Waals surface area contributed by atoms with Gasteiger partial charge in [0.1, 0.15) is 0 Å². The minimum atomic E-state index is -0.402. The van der Waals surface area contributed by atoms with E-state index >= 15 is 0 Å². The van der Waals surface area contributed by atoms with Crippen molar-refractivity contribution in [3.63, 3.8) is 0 Å². The van der Waals surface area contributed by atoms with Crippen LogP contribution in [0.5, 0.6) is 0 Å². The van der Waals surface area contributed by atoms with Gasteiger partial charge < -0.3 is 9.30 Å². The van der Waals surface area contributed by atoms with Gasteiger partial charge in [-0.15, -0.1) is 0 Å². The molecule has 1 aliphatic rings. The van der Waals surface area contributed by atoms with E-state index in [1.807, 2.05) is 18.2 Å². The van der Waals surface area contributed by atoms with Gasteiger partial charge in [0.15, 0.2) is 5.78 Å². The third-order valence-corrected chi connectivity index (χ3v) is 7.00. The second kappa shape index (κ2) is 9.30. The predicted molar refractivity (Wildman–Crippen MR) is 135 cm³/mol. The first-order valence-corrected chi connectivity index (χ1v) is 12.0. The lowest BCUT2D eigenvalue weighted by Crippen LogP contribution is -2.21. The molecule has 0 saturated carbocycles. The molecule has 0 fully saturated rings. The smallest absolute Gasteiger partial charge is 0.338 e. The molecule has 4 heteroatoms. The van der Waals surface area contributed by atoms with Crippen LogP contribution in [-0.2, 0) is 24.1 Å². The molecular weight excluding hydrogens is 422 g/mol. The zero-order valence-electron chi connectivity index (χ0n) is 19.7. The van der Waals surface area contributed by atoms with Crippen LogP contribution in [0.2, 0.25) is 0 Å². The average molecular weight is 452 g/mol. The van der Waals surface area contributed by atoms with Crippen LogP contribution >= 0.6 is 0 Å². The minimum absolute atomic E-state index is 0.131. The summed E-state index contributed by atoms with van der Waals surface area (Å²) in [5.74, 6) is 0.0564. The molecule has 4 aromatic rings. The number of ether oxygens (including phenoxy) is 1. The number of hydrogen-bond donors (Lipinski definition) is 0. The van der Waals surface area contributed by atoms with Crippen molar-refractivity contribution >= 4 is 22.7 Å². The van der Waals surface area contributed by atoms with Crippen molar-refractivity contribution in [3.8, 4) is 0 Å². The minimum Gasteiger partial charge on any atom is -0.465 e. The number of esters is 1. The maximum atomic E-state index is 13.3. The number of nitrogens with zero attached hydrogens (tertiary/aromatic N) is 1. The number of hydrogen-bond acceptors (Lipinski definition) is 3. The highest BCUT2D eigenvalue weighted by Gasteiger charge is 2.32. The van der Waals surface area contributed by atoms with Crippen molar-refractivity contribution < 1.29 is 14.3 Å². The molecule has 0 bridgehead atoms. The molecule has 1 atom stereocenters. The molecule has 0 aliphatic heterocycles. The van der Waals surface area contributed by atoms with Crippen LogP contribution in [0.3, 0.4) is 0 Å². The van der Waals surface area contributed by atoms with Crippen LogP contribution < -0.4 is 0 Å². The van der Waals surface area contributed by atoms with Gasteiger partial charge in [-0.1, -0.05) is 74.0 Å². The number of ketones is 1. The number of aromatic nitrogens is 1. The zero-order valence-corrected chi connectivity index (χ0v) is 19.7. The molecule has 4 nitrogen and oxygen atoms in total. The molecule has 1 aromatic heterocycles. The van der Waals surface area contributed by atoms with E-state index in [2.05, 4.69) is 60.0 Å². The maximum Gasteiger partial charge on any atom is 0.338 e. The van der Waals surface area contributed by atoms with Crippen LogP contribution in [-0.4, -0.2) is 23.4 Å². The van der Waals surface area contributed by atoms with Crippen molar-refractivity contribution in [2.24, 2.45) is 5.92 Å². The highest BCUT2D eigenvalue weighted by molar-refractivity contribution is 6.16. The topological polar surface area (TPSA) is 48.3 Å². The van der Waals surface area contributed by atoms with Gasteiger partial charge in [0, 0.05) is 29.6 Å². The van der Waals surface area contributed by atoms with Crippen molar-refractivity contribution in [1.29, 1.82) is 0 Å². The van der Waals surface area contributed by atoms with Gasteiger partial charge in [0.2, 0.25) is 0 Å². The molecule has 5 rings (SSSR count). The van der Waals surface area contributed by atoms with E-state index in [1.165, 1.54) is 23.8 Å². The molecule has 172 valence electrons. The first-order valence-electron chi connectivity index (χ1n) is 12.0. The van der Waals surface area contributed by atoms with Gasteiger partial charge in [-0.2, -0.15) is 0 Å². The molecule has 0 amide bonds. The third kappa shape index (κ3) is 4.05. The number of methoxy groups -OCH3 is 1. The van der Waals surface area contributed by atoms with Gasteiger partial charge in [0.25, 0.3) is 0 Å². The summed E-state index contributed by atoms with van der Waals surface area (Å²) in [4.78, 5) is 25.9. The second-order valence-corrected chi connectivity index (χ2v) is 9.19. The summed E-state index contributed by atoms with van der Waals surface area (Å²) < 4.78 is 7.30. The average Bonchev–Trinajstić information content (AvgIpc) is 3.18. The molecule has 1 heterocycles. The van der Waals surface area contributed by atoms with Crippen LogP contribution in [0.25, 0.3) is 10.9 Å². The molecule has 3 aromatic carbocycles. The Balaban J connectivity index is 1.61. The normalized spacial score (nSPS) is 15.4. The van der Waals surface area contributed by atoms with Gasteiger partial charge in [-0.3, -0.25) is 4.79 Å². The fourth-order valence-electron chi connectivity index (χ4n) is 5.28. The lowest BCUT2D eigenvalue weighted by Gasteiger charge is -2.22. The molecule has 1 aliphatic carbocycles. The fraction of sp³-hybridized carbons (Fsp3) is 0.267. The second-order valence-electron chi connectivity index (χ2n) is 9.19. The molecule has 34 heavy (non-hydrogen) atoms. The van der Waals surface area contributed by atoms with Gasteiger partial charge in [-0.05, 0) is 47.6 Å². The SMILES string of the molecule is CCC1CC(=O)c2c(n(Cc3cccc(Cc4ccccc4)c3)c3cccc(C(=O)OC)c23)C1. The first kappa shape index (κ1) is 22.1. The van der Waals surface area contributed by atoms with E-state index in [4.69, 9.17) is 4.74 Å². The largest absolute Gasteiger partial charge is 0.465 e. The first-order chi connectivity index (χ1) is 16.6. The van der Waals surface area contributed by atoms with Gasteiger partial charge in [-0.25, -0.2) is 4.79 Å². The zero-order chi connectivity index (χ0) is 23.7. The third-order valence-electron chi connectivity index (χ3n) is 7.00.